The Morgan fingerprint density at radius 2 is 2.04 bits per heavy atom. The quantitative estimate of drug-likeness (QED) is 0.616. The highest BCUT2D eigenvalue weighted by Gasteiger charge is 2.30. The maximum Gasteiger partial charge on any atom is 0.119 e. The van der Waals surface area contributed by atoms with Gasteiger partial charge >= 0.3 is 0 Å². The zero-order valence-corrected chi connectivity index (χ0v) is 16.7. The molecule has 4 nitrogen and oxygen atoms in total. The van der Waals surface area contributed by atoms with Crippen molar-refractivity contribution in [3.63, 3.8) is 0 Å². The molecule has 2 atom stereocenters. The third-order valence-electron chi connectivity index (χ3n) is 4.66. The largest absolute Gasteiger partial charge is 0.491 e. The second-order valence-corrected chi connectivity index (χ2v) is 8.57. The topological polar surface area (TPSA) is 45.6 Å². The summed E-state index contributed by atoms with van der Waals surface area (Å²) in [6.45, 7) is 1.90. The third-order valence-corrected chi connectivity index (χ3v) is 6.33. The first-order valence-corrected chi connectivity index (χ1v) is 10.5. The number of rotatable bonds is 6. The van der Waals surface area contributed by atoms with Gasteiger partial charge in [-0.25, -0.2) is 4.98 Å². The number of β-amino-alcohol motifs (C(OH)–C–C–N with tert-alkyl or cyclic N) is 1. The molecule has 1 aliphatic rings. The second-order valence-electron chi connectivity index (χ2n) is 6.59. The molecule has 1 saturated heterocycles. The molecule has 1 aliphatic heterocycles. The van der Waals surface area contributed by atoms with Crippen molar-refractivity contribution < 1.29 is 9.84 Å². The van der Waals surface area contributed by atoms with Crippen molar-refractivity contribution in [1.82, 2.24) is 9.88 Å². The Morgan fingerprint density at radius 1 is 1.23 bits per heavy atom. The summed E-state index contributed by atoms with van der Waals surface area (Å²) in [6.07, 6.45) is 1.72. The molecule has 0 aliphatic carbocycles. The number of hydrogen-bond acceptors (Lipinski definition) is 5. The van der Waals surface area contributed by atoms with Crippen molar-refractivity contribution in [3.8, 4) is 5.75 Å². The number of nitrogens with zero attached hydrogens (tertiary/aromatic N) is 2. The van der Waals surface area contributed by atoms with Crippen LogP contribution in [0.5, 0.6) is 5.75 Å². The first-order valence-electron chi connectivity index (χ1n) is 8.85. The van der Waals surface area contributed by atoms with E-state index in [1.165, 1.54) is 4.70 Å². The summed E-state index contributed by atoms with van der Waals surface area (Å²) in [5.41, 5.74) is 1.07. The van der Waals surface area contributed by atoms with E-state index in [0.29, 0.717) is 19.2 Å². The lowest BCUT2D eigenvalue weighted by atomic mass is 10.2. The predicted molar refractivity (Wildman–Crippen MR) is 109 cm³/mol. The fourth-order valence-corrected chi connectivity index (χ4v) is 4.80. The summed E-state index contributed by atoms with van der Waals surface area (Å²) in [6, 6.07) is 16.2. The van der Waals surface area contributed by atoms with E-state index >= 15 is 0 Å². The number of aliphatic hydroxyl groups is 1. The van der Waals surface area contributed by atoms with Gasteiger partial charge in [-0.15, -0.1) is 11.3 Å². The van der Waals surface area contributed by atoms with E-state index in [1.807, 2.05) is 30.3 Å². The van der Waals surface area contributed by atoms with E-state index in [-0.39, 0.29) is 0 Å². The first-order chi connectivity index (χ1) is 12.7. The van der Waals surface area contributed by atoms with E-state index in [9.17, 15) is 5.11 Å². The van der Waals surface area contributed by atoms with E-state index in [1.54, 1.807) is 11.3 Å². The molecule has 0 amide bonds. The first kappa shape index (κ1) is 17.9. The molecule has 26 heavy (non-hydrogen) atoms. The van der Waals surface area contributed by atoms with Crippen molar-refractivity contribution in [1.29, 1.82) is 0 Å². The van der Waals surface area contributed by atoms with Gasteiger partial charge in [0.05, 0.1) is 16.3 Å². The Balaban J connectivity index is 1.37. The molecule has 1 N–H and O–H groups in total. The van der Waals surface area contributed by atoms with Crippen LogP contribution in [0.25, 0.3) is 10.2 Å². The van der Waals surface area contributed by atoms with Gasteiger partial charge in [0.1, 0.15) is 23.5 Å². The van der Waals surface area contributed by atoms with Crippen LogP contribution in [-0.4, -0.2) is 40.8 Å². The highest BCUT2D eigenvalue weighted by Crippen LogP contribution is 2.36. The van der Waals surface area contributed by atoms with Crippen molar-refractivity contribution in [2.75, 3.05) is 19.7 Å². The number of benzene rings is 2. The minimum atomic E-state index is -0.520. The summed E-state index contributed by atoms with van der Waals surface area (Å²) in [5, 5.41) is 11.6. The Morgan fingerprint density at radius 3 is 2.85 bits per heavy atom. The van der Waals surface area contributed by atoms with E-state index in [2.05, 4.69) is 39.0 Å². The van der Waals surface area contributed by atoms with Crippen LogP contribution in [0.4, 0.5) is 0 Å². The van der Waals surface area contributed by atoms with Gasteiger partial charge < -0.3 is 9.84 Å². The minimum Gasteiger partial charge on any atom is -0.491 e. The van der Waals surface area contributed by atoms with Crippen LogP contribution in [0.2, 0.25) is 0 Å². The monoisotopic (exact) mass is 432 g/mol. The lowest BCUT2D eigenvalue weighted by Crippen LogP contribution is -2.35. The molecule has 0 bridgehead atoms. The molecule has 1 aromatic heterocycles. The molecule has 136 valence electrons. The molecule has 2 aromatic carbocycles. The number of aliphatic hydroxyl groups excluding tert-OH is 1. The molecule has 0 saturated carbocycles. The highest BCUT2D eigenvalue weighted by atomic mass is 79.9. The summed E-state index contributed by atoms with van der Waals surface area (Å²) < 4.78 is 7.96. The lowest BCUT2D eigenvalue weighted by molar-refractivity contribution is 0.0638. The molecule has 0 spiro atoms. The van der Waals surface area contributed by atoms with E-state index < -0.39 is 6.10 Å². The maximum absolute atomic E-state index is 10.4. The average Bonchev–Trinajstić information content (AvgIpc) is 3.27. The number of fused-ring (bicyclic) bond motifs is 1. The Labute approximate surface area is 165 Å². The number of para-hydroxylation sites is 1. The van der Waals surface area contributed by atoms with Gasteiger partial charge in [-0.2, -0.15) is 0 Å². The van der Waals surface area contributed by atoms with Gasteiger partial charge in [-0.1, -0.05) is 28.1 Å². The van der Waals surface area contributed by atoms with Crippen LogP contribution in [0.3, 0.4) is 0 Å². The number of aromatic nitrogens is 1. The van der Waals surface area contributed by atoms with Crippen LogP contribution in [0.1, 0.15) is 23.9 Å². The van der Waals surface area contributed by atoms with Gasteiger partial charge in [0.2, 0.25) is 0 Å². The number of halogens is 1. The van der Waals surface area contributed by atoms with Crippen molar-refractivity contribution in [3.05, 3.63) is 58.0 Å². The fourth-order valence-electron chi connectivity index (χ4n) is 3.40. The van der Waals surface area contributed by atoms with E-state index in [4.69, 9.17) is 9.72 Å². The molecule has 4 rings (SSSR count). The number of ether oxygens (including phenoxy) is 1. The summed E-state index contributed by atoms with van der Waals surface area (Å²) in [7, 11) is 0. The maximum atomic E-state index is 10.4. The number of likely N-dealkylation sites (tertiary alicyclic amines) is 1. The Kier molecular flexibility index (Phi) is 5.55. The average molecular weight is 433 g/mol. The standard InChI is InChI=1S/C20H21BrN2O2S/c21-14-7-9-16(10-8-14)25-13-15(24)12-23-11-3-5-18(23)20-22-17-4-1-2-6-19(17)26-20/h1-2,4,6-10,15,18,24H,3,5,11-13H2/t15-,18-/m1/s1. The van der Waals surface area contributed by atoms with Crippen LogP contribution in [0, 0.1) is 0 Å². The SMILES string of the molecule is O[C@@H](COc1ccc(Br)cc1)CN1CCC[C@@H]1c1nc2ccccc2s1. The Bertz CT molecular complexity index is 835. The molecule has 6 heteroatoms. The fraction of sp³-hybridized carbons (Fsp3) is 0.350. The van der Waals surface area contributed by atoms with Gasteiger partial charge in [-0.3, -0.25) is 4.90 Å². The van der Waals surface area contributed by atoms with Crippen molar-refractivity contribution in [2.45, 2.75) is 25.0 Å². The zero-order valence-electron chi connectivity index (χ0n) is 14.3. The van der Waals surface area contributed by atoms with Crippen LogP contribution < -0.4 is 4.74 Å². The number of hydrogen-bond donors (Lipinski definition) is 1. The smallest absolute Gasteiger partial charge is 0.119 e. The summed E-state index contributed by atoms with van der Waals surface area (Å²) in [5.74, 6) is 0.774. The zero-order chi connectivity index (χ0) is 17.9. The summed E-state index contributed by atoms with van der Waals surface area (Å²) >= 11 is 5.18. The minimum absolute atomic E-state index is 0.296. The number of thiazole rings is 1. The van der Waals surface area contributed by atoms with E-state index in [0.717, 1.165) is 40.1 Å². The normalized spacial score (nSPS) is 19.1. The molecule has 0 radical (unpaired) electrons. The Hall–Kier alpha value is -1.47. The van der Waals surface area contributed by atoms with Crippen LogP contribution in [-0.2, 0) is 0 Å². The predicted octanol–water partition coefficient (Wildman–Crippen LogP) is 4.64. The molecule has 2 heterocycles. The molecule has 1 fully saturated rings. The molecule has 3 aromatic rings. The van der Waals surface area contributed by atoms with Crippen molar-refractivity contribution >= 4 is 37.5 Å². The second kappa shape index (κ2) is 8.05. The molecular weight excluding hydrogens is 412 g/mol. The van der Waals surface area contributed by atoms with Crippen LogP contribution >= 0.6 is 27.3 Å². The third kappa shape index (κ3) is 4.09. The van der Waals surface area contributed by atoms with Crippen molar-refractivity contribution in [2.24, 2.45) is 0 Å². The lowest BCUT2D eigenvalue weighted by Gasteiger charge is -2.25. The van der Waals surface area contributed by atoms with Gasteiger partial charge in [-0.05, 0) is 55.8 Å². The molecular formula is C20H21BrN2O2S. The highest BCUT2D eigenvalue weighted by molar-refractivity contribution is 9.10. The van der Waals surface area contributed by atoms with Gasteiger partial charge in [0.15, 0.2) is 0 Å². The van der Waals surface area contributed by atoms with Crippen LogP contribution in [0.15, 0.2) is 53.0 Å². The van der Waals surface area contributed by atoms with Gasteiger partial charge in [0, 0.05) is 11.0 Å². The molecule has 0 unspecified atom stereocenters. The van der Waals surface area contributed by atoms with Gasteiger partial charge in [0.25, 0.3) is 0 Å². The summed E-state index contributed by atoms with van der Waals surface area (Å²) in [4.78, 5) is 7.15.